The number of aromatic nitrogens is 4. The molecule has 30 heavy (non-hydrogen) atoms. The van der Waals surface area contributed by atoms with Crippen LogP contribution in [0.3, 0.4) is 0 Å². The van der Waals surface area contributed by atoms with Crippen LogP contribution in [-0.2, 0) is 20.1 Å². The number of hydrogen-bond acceptors (Lipinski definition) is 11. The highest BCUT2D eigenvalue weighted by Gasteiger charge is 2.60. The number of aliphatic hydroxyl groups is 3. The Kier molecular flexibility index (Phi) is 5.72. The average Bonchev–Trinajstić information content (AvgIpc) is 3.26. The Bertz CT molecular complexity index is 967. The van der Waals surface area contributed by atoms with Crippen molar-refractivity contribution in [1.82, 2.24) is 19.5 Å². The van der Waals surface area contributed by atoms with Crippen LogP contribution in [0.1, 0.15) is 13.8 Å². The van der Waals surface area contributed by atoms with Crippen LogP contribution in [0.4, 0.5) is 5.82 Å². The van der Waals surface area contributed by atoms with Gasteiger partial charge in [0.1, 0.15) is 31.0 Å². The number of aliphatic hydroxyl groups excluding tert-OH is 3. The zero-order chi connectivity index (χ0) is 22.4. The first kappa shape index (κ1) is 21.9. The highest BCUT2D eigenvalue weighted by molar-refractivity contribution is 6.00. The molecule has 0 radical (unpaired) electrons. The maximum absolute atomic E-state index is 12.4. The molecule has 8 N–H and O–H groups in total. The highest BCUT2D eigenvalue weighted by Crippen LogP contribution is 2.38. The number of amides is 2. The summed E-state index contributed by atoms with van der Waals surface area (Å²) in [4.78, 5) is 36.5. The van der Waals surface area contributed by atoms with Crippen LogP contribution in [0.25, 0.3) is 11.2 Å². The number of hydrogen-bond donors (Lipinski definition) is 6. The number of ether oxygens (including phenoxy) is 1. The van der Waals surface area contributed by atoms with E-state index in [1.54, 1.807) is 13.8 Å². The predicted molar refractivity (Wildman–Crippen MR) is 98.5 cm³/mol. The molecule has 2 aromatic rings. The van der Waals surface area contributed by atoms with Gasteiger partial charge in [-0.15, -0.1) is 0 Å². The third-order valence-electron chi connectivity index (χ3n) is 5.05. The lowest BCUT2D eigenvalue weighted by molar-refractivity contribution is -0.172. The summed E-state index contributed by atoms with van der Waals surface area (Å²) >= 11 is 0. The molecule has 3 rings (SSSR count). The van der Waals surface area contributed by atoms with Crippen LogP contribution in [-0.4, -0.2) is 82.8 Å². The van der Waals surface area contributed by atoms with Crippen LogP contribution in [0.15, 0.2) is 12.7 Å². The molecule has 2 amide bonds. The topological polar surface area (TPSA) is 223 Å². The summed E-state index contributed by atoms with van der Waals surface area (Å²) < 4.78 is 6.37. The van der Waals surface area contributed by atoms with E-state index in [-0.39, 0.29) is 28.0 Å². The molecule has 0 aliphatic carbocycles. The largest absolute Gasteiger partial charge is 0.394 e. The number of hydroxylamine groups is 1. The van der Waals surface area contributed by atoms with Crippen molar-refractivity contribution in [3.63, 3.8) is 0 Å². The predicted octanol–water partition coefficient (Wildman–Crippen LogP) is -3.22. The molecule has 5 atom stereocenters. The molecule has 0 aromatic carbocycles. The van der Waals surface area contributed by atoms with E-state index < -0.39 is 48.5 Å². The van der Waals surface area contributed by atoms with E-state index in [0.717, 1.165) is 17.2 Å². The maximum atomic E-state index is 12.4. The number of anilines is 1. The fourth-order valence-corrected chi connectivity index (χ4v) is 3.22. The van der Waals surface area contributed by atoms with Crippen molar-refractivity contribution in [2.45, 2.75) is 43.9 Å². The first-order valence-electron chi connectivity index (χ1n) is 8.99. The normalized spacial score (nSPS) is 27.5. The lowest BCUT2D eigenvalue weighted by Crippen LogP contribution is -2.54. The van der Waals surface area contributed by atoms with E-state index in [1.165, 1.54) is 0 Å². The number of nitrogens with zero attached hydrogens (tertiary/aromatic N) is 5. The molecule has 1 aliphatic rings. The summed E-state index contributed by atoms with van der Waals surface area (Å²) in [5, 5.41) is 40.6. The fourth-order valence-electron chi connectivity index (χ4n) is 3.22. The molecule has 0 saturated carbocycles. The van der Waals surface area contributed by atoms with Crippen molar-refractivity contribution in [2.24, 2.45) is 17.4 Å². The Morgan fingerprint density at radius 2 is 2.00 bits per heavy atom. The van der Waals surface area contributed by atoms with Crippen LogP contribution >= 0.6 is 0 Å². The summed E-state index contributed by atoms with van der Waals surface area (Å²) in [7, 11) is 0. The van der Waals surface area contributed by atoms with Gasteiger partial charge in [0.05, 0.1) is 12.6 Å². The van der Waals surface area contributed by atoms with Gasteiger partial charge in [-0.1, -0.05) is 13.8 Å². The maximum Gasteiger partial charge on any atom is 0.274 e. The van der Waals surface area contributed by atoms with Gasteiger partial charge in [-0.2, -0.15) is 5.06 Å². The van der Waals surface area contributed by atoms with Gasteiger partial charge in [0.25, 0.3) is 17.5 Å². The fraction of sp³-hybridized carbons (Fsp3) is 0.562. The van der Waals surface area contributed by atoms with Gasteiger partial charge in [0.2, 0.25) is 0 Å². The highest BCUT2D eigenvalue weighted by atomic mass is 16.6. The van der Waals surface area contributed by atoms with E-state index in [9.17, 15) is 30.1 Å². The molecule has 1 unspecified atom stereocenters. The Hall–Kier alpha value is -2.75. The Labute approximate surface area is 169 Å². The van der Waals surface area contributed by atoms with Gasteiger partial charge in [-0.3, -0.25) is 19.4 Å². The molecule has 0 bridgehead atoms. The standard InChI is InChI=1S/C16H23N7O7/c1-6(2)8(17)14(27)23(29)13-9-12(19-4-20-13)22(5-21-9)16(15(18)28)11(26)10(25)7(3-24)30-16/h4-8,10-11,24-26,29H,3,17H2,1-2H3,(H2,18,28)/t7-,8?,10-,11-,16+/m1/s1. The van der Waals surface area contributed by atoms with E-state index in [4.69, 9.17) is 16.2 Å². The van der Waals surface area contributed by atoms with Crippen molar-refractivity contribution in [2.75, 3.05) is 11.7 Å². The van der Waals surface area contributed by atoms with Gasteiger partial charge in [-0.25, -0.2) is 15.0 Å². The average molecular weight is 425 g/mol. The van der Waals surface area contributed by atoms with Crippen molar-refractivity contribution in [3.8, 4) is 0 Å². The Morgan fingerprint density at radius 1 is 1.33 bits per heavy atom. The third-order valence-corrected chi connectivity index (χ3v) is 5.05. The molecule has 14 heteroatoms. The lowest BCUT2D eigenvalue weighted by atomic mass is 10.0. The second kappa shape index (κ2) is 7.82. The van der Waals surface area contributed by atoms with Gasteiger partial charge in [0.15, 0.2) is 17.0 Å². The first-order chi connectivity index (χ1) is 14.1. The van der Waals surface area contributed by atoms with Gasteiger partial charge in [-0.05, 0) is 5.92 Å². The number of fused-ring (bicyclic) bond motifs is 1. The monoisotopic (exact) mass is 425 g/mol. The smallest absolute Gasteiger partial charge is 0.274 e. The Balaban J connectivity index is 2.13. The van der Waals surface area contributed by atoms with Crippen LogP contribution in [0.2, 0.25) is 0 Å². The van der Waals surface area contributed by atoms with Crippen molar-refractivity contribution in [1.29, 1.82) is 0 Å². The summed E-state index contributed by atoms with van der Waals surface area (Å²) in [6, 6.07) is -1.03. The lowest BCUT2D eigenvalue weighted by Gasteiger charge is -2.30. The number of nitrogens with two attached hydrogens (primary N) is 2. The quantitative estimate of drug-likeness (QED) is 0.199. The molecule has 14 nitrogen and oxygen atoms in total. The van der Waals surface area contributed by atoms with Crippen LogP contribution in [0.5, 0.6) is 0 Å². The second-order valence-corrected chi connectivity index (χ2v) is 7.24. The SMILES string of the molecule is CC(C)C(N)C(=O)N(O)c1ncnc2c1ncn2[C@]1(C(N)=O)O[C@H](CO)[C@@H](O)[C@H]1O. The molecule has 1 fully saturated rings. The van der Waals surface area contributed by atoms with Crippen LogP contribution < -0.4 is 16.5 Å². The molecule has 164 valence electrons. The van der Waals surface area contributed by atoms with Gasteiger partial charge >= 0.3 is 0 Å². The summed E-state index contributed by atoms with van der Waals surface area (Å²) in [6.07, 6.45) is -2.83. The number of carbonyl (C=O) groups is 2. The molecule has 1 saturated heterocycles. The summed E-state index contributed by atoms with van der Waals surface area (Å²) in [5.74, 6) is -2.65. The van der Waals surface area contributed by atoms with Gasteiger partial charge in [0, 0.05) is 0 Å². The third kappa shape index (κ3) is 3.10. The molecular weight excluding hydrogens is 402 g/mol. The number of primary amides is 1. The van der Waals surface area contributed by atoms with E-state index in [0.29, 0.717) is 0 Å². The summed E-state index contributed by atoms with van der Waals surface area (Å²) in [5.41, 5.74) is 8.61. The summed E-state index contributed by atoms with van der Waals surface area (Å²) in [6.45, 7) is 2.68. The minimum atomic E-state index is -2.36. The number of rotatable bonds is 6. The molecular formula is C16H23N7O7. The minimum Gasteiger partial charge on any atom is -0.394 e. The minimum absolute atomic E-state index is 0.136. The van der Waals surface area contributed by atoms with Gasteiger partial charge < -0.3 is 31.5 Å². The Morgan fingerprint density at radius 3 is 2.53 bits per heavy atom. The van der Waals surface area contributed by atoms with E-state index >= 15 is 0 Å². The van der Waals surface area contributed by atoms with Crippen LogP contribution in [0, 0.1) is 5.92 Å². The first-order valence-corrected chi connectivity index (χ1v) is 8.99. The number of imidazole rings is 1. The second-order valence-electron chi connectivity index (χ2n) is 7.24. The number of carbonyl (C=O) groups excluding carboxylic acids is 2. The van der Waals surface area contributed by atoms with Crippen molar-refractivity contribution in [3.05, 3.63) is 12.7 Å². The molecule has 3 heterocycles. The zero-order valence-corrected chi connectivity index (χ0v) is 16.2. The zero-order valence-electron chi connectivity index (χ0n) is 16.2. The molecule has 2 aromatic heterocycles. The van der Waals surface area contributed by atoms with Crippen molar-refractivity contribution >= 4 is 28.8 Å². The molecule has 0 spiro atoms. The van der Waals surface area contributed by atoms with Crippen molar-refractivity contribution < 1.29 is 34.9 Å². The van der Waals surface area contributed by atoms with E-state index in [1.807, 2.05) is 0 Å². The van der Waals surface area contributed by atoms with E-state index in [2.05, 4.69) is 15.0 Å². The molecule has 1 aliphatic heterocycles.